The molecule has 3 nitrogen and oxygen atoms in total. The summed E-state index contributed by atoms with van der Waals surface area (Å²) in [7, 11) is 0. The van der Waals surface area contributed by atoms with E-state index < -0.39 is 0 Å². The van der Waals surface area contributed by atoms with Crippen LogP contribution in [0, 0.1) is 0 Å². The Morgan fingerprint density at radius 3 is 2.64 bits per heavy atom. The van der Waals surface area contributed by atoms with Gasteiger partial charge in [0.1, 0.15) is 0 Å². The number of hydrogen-bond acceptors (Lipinski definition) is 2. The van der Waals surface area contributed by atoms with Crippen molar-refractivity contribution in [2.45, 2.75) is 38.1 Å². The van der Waals surface area contributed by atoms with E-state index in [2.05, 4.69) is 5.32 Å². The molecule has 1 rings (SSSR count). The van der Waals surface area contributed by atoms with Crippen molar-refractivity contribution in [2.75, 3.05) is 6.61 Å². The van der Waals surface area contributed by atoms with Gasteiger partial charge in [0.05, 0.1) is 6.61 Å². The van der Waals surface area contributed by atoms with E-state index in [1.165, 1.54) is 12.8 Å². The lowest BCUT2D eigenvalue weighted by Crippen LogP contribution is -2.32. The average molecular weight is 157 g/mol. The van der Waals surface area contributed by atoms with Crippen molar-refractivity contribution in [2.24, 2.45) is 0 Å². The summed E-state index contributed by atoms with van der Waals surface area (Å²) in [6, 6.07) is 0.383. The molecule has 1 fully saturated rings. The van der Waals surface area contributed by atoms with Crippen molar-refractivity contribution in [3.8, 4) is 0 Å². The van der Waals surface area contributed by atoms with Crippen LogP contribution in [0.25, 0.3) is 0 Å². The van der Waals surface area contributed by atoms with Gasteiger partial charge in [-0.3, -0.25) is 4.79 Å². The van der Waals surface area contributed by atoms with Crippen LogP contribution in [0.5, 0.6) is 0 Å². The maximum absolute atomic E-state index is 10.9. The second kappa shape index (κ2) is 4.34. The lowest BCUT2D eigenvalue weighted by atomic mass is 10.2. The molecule has 0 saturated heterocycles. The highest BCUT2D eigenvalue weighted by molar-refractivity contribution is 5.76. The standard InChI is InChI=1S/C8H15NO2/c10-6-5-8(11)9-7-3-1-2-4-7/h7,10H,1-6H2,(H,9,11). The highest BCUT2D eigenvalue weighted by Crippen LogP contribution is 2.17. The Morgan fingerprint density at radius 2 is 2.09 bits per heavy atom. The van der Waals surface area contributed by atoms with E-state index in [4.69, 9.17) is 5.11 Å². The zero-order valence-electron chi connectivity index (χ0n) is 6.68. The van der Waals surface area contributed by atoms with Gasteiger partial charge in [-0.05, 0) is 12.8 Å². The molecule has 3 heteroatoms. The third kappa shape index (κ3) is 2.89. The van der Waals surface area contributed by atoms with Crippen LogP contribution in [0.2, 0.25) is 0 Å². The Hall–Kier alpha value is -0.570. The van der Waals surface area contributed by atoms with Crippen LogP contribution in [-0.4, -0.2) is 23.7 Å². The number of aliphatic hydroxyl groups is 1. The first kappa shape index (κ1) is 8.53. The fraction of sp³-hybridized carbons (Fsp3) is 0.875. The van der Waals surface area contributed by atoms with E-state index >= 15 is 0 Å². The predicted octanol–water partition coefficient (Wildman–Crippen LogP) is 0.428. The average Bonchev–Trinajstić information content (AvgIpc) is 2.40. The molecule has 0 atom stereocenters. The fourth-order valence-electron chi connectivity index (χ4n) is 1.47. The summed E-state index contributed by atoms with van der Waals surface area (Å²) in [5.41, 5.74) is 0. The maximum Gasteiger partial charge on any atom is 0.222 e. The summed E-state index contributed by atoms with van der Waals surface area (Å²) in [5.74, 6) is -0.0144. The van der Waals surface area contributed by atoms with E-state index in [0.717, 1.165) is 12.8 Å². The number of amides is 1. The van der Waals surface area contributed by atoms with Crippen molar-refractivity contribution in [1.82, 2.24) is 5.32 Å². The lowest BCUT2D eigenvalue weighted by molar-refractivity contribution is -0.122. The highest BCUT2D eigenvalue weighted by Gasteiger charge is 2.16. The molecule has 0 heterocycles. The lowest BCUT2D eigenvalue weighted by Gasteiger charge is -2.10. The van der Waals surface area contributed by atoms with Gasteiger partial charge in [-0.15, -0.1) is 0 Å². The Balaban J connectivity index is 2.13. The number of nitrogens with one attached hydrogen (secondary N) is 1. The summed E-state index contributed by atoms with van der Waals surface area (Å²) < 4.78 is 0. The molecule has 0 aliphatic heterocycles. The molecule has 0 spiro atoms. The van der Waals surface area contributed by atoms with Crippen LogP contribution >= 0.6 is 0 Å². The van der Waals surface area contributed by atoms with E-state index in [1.807, 2.05) is 0 Å². The molecule has 64 valence electrons. The van der Waals surface area contributed by atoms with Crippen molar-refractivity contribution < 1.29 is 9.90 Å². The zero-order chi connectivity index (χ0) is 8.10. The molecule has 11 heavy (non-hydrogen) atoms. The molecular weight excluding hydrogens is 142 g/mol. The minimum atomic E-state index is -0.0431. The third-order valence-corrected chi connectivity index (χ3v) is 2.06. The Bertz CT molecular complexity index is 130. The highest BCUT2D eigenvalue weighted by atomic mass is 16.3. The summed E-state index contributed by atoms with van der Waals surface area (Å²) in [6.45, 7) is -0.0431. The Morgan fingerprint density at radius 1 is 1.45 bits per heavy atom. The normalized spacial score (nSPS) is 18.6. The summed E-state index contributed by atoms with van der Waals surface area (Å²) in [5, 5.41) is 11.3. The second-order valence-electron chi connectivity index (χ2n) is 3.02. The summed E-state index contributed by atoms with van der Waals surface area (Å²) in [4.78, 5) is 10.9. The molecule has 1 aliphatic rings. The van der Waals surface area contributed by atoms with Crippen LogP contribution < -0.4 is 5.32 Å². The van der Waals surface area contributed by atoms with Crippen LogP contribution in [0.1, 0.15) is 32.1 Å². The molecule has 0 aromatic rings. The molecule has 0 bridgehead atoms. The number of rotatable bonds is 3. The van der Waals surface area contributed by atoms with Crippen molar-refractivity contribution in [3.05, 3.63) is 0 Å². The largest absolute Gasteiger partial charge is 0.396 e. The van der Waals surface area contributed by atoms with Crippen LogP contribution in [-0.2, 0) is 4.79 Å². The van der Waals surface area contributed by atoms with Crippen LogP contribution in [0.4, 0.5) is 0 Å². The summed E-state index contributed by atoms with van der Waals surface area (Å²) in [6.07, 6.45) is 4.92. The van der Waals surface area contributed by atoms with Gasteiger partial charge in [-0.1, -0.05) is 12.8 Å². The zero-order valence-corrected chi connectivity index (χ0v) is 6.68. The molecular formula is C8H15NO2. The molecule has 1 amide bonds. The van der Waals surface area contributed by atoms with E-state index in [-0.39, 0.29) is 18.9 Å². The molecule has 0 unspecified atom stereocenters. The van der Waals surface area contributed by atoms with E-state index in [9.17, 15) is 4.79 Å². The molecule has 2 N–H and O–H groups in total. The first-order chi connectivity index (χ1) is 5.33. The third-order valence-electron chi connectivity index (χ3n) is 2.06. The first-order valence-corrected chi connectivity index (χ1v) is 4.23. The number of carbonyl (C=O) groups excluding carboxylic acids is 1. The van der Waals surface area contributed by atoms with Crippen molar-refractivity contribution in [1.29, 1.82) is 0 Å². The van der Waals surface area contributed by atoms with Gasteiger partial charge >= 0.3 is 0 Å². The topological polar surface area (TPSA) is 49.3 Å². The van der Waals surface area contributed by atoms with Gasteiger partial charge < -0.3 is 10.4 Å². The van der Waals surface area contributed by atoms with Crippen molar-refractivity contribution >= 4 is 5.91 Å². The predicted molar refractivity (Wildman–Crippen MR) is 42.1 cm³/mol. The smallest absolute Gasteiger partial charge is 0.222 e. The van der Waals surface area contributed by atoms with Gasteiger partial charge in [0, 0.05) is 12.5 Å². The molecule has 0 aromatic carbocycles. The van der Waals surface area contributed by atoms with Gasteiger partial charge in [0.2, 0.25) is 5.91 Å². The quantitative estimate of drug-likeness (QED) is 0.624. The minimum absolute atomic E-state index is 0.0144. The Kier molecular flexibility index (Phi) is 3.36. The van der Waals surface area contributed by atoms with Crippen LogP contribution in [0.3, 0.4) is 0 Å². The number of aliphatic hydroxyl groups excluding tert-OH is 1. The van der Waals surface area contributed by atoms with Gasteiger partial charge in [0.25, 0.3) is 0 Å². The first-order valence-electron chi connectivity index (χ1n) is 4.23. The minimum Gasteiger partial charge on any atom is -0.396 e. The number of hydrogen-bond donors (Lipinski definition) is 2. The second-order valence-corrected chi connectivity index (χ2v) is 3.02. The molecule has 1 saturated carbocycles. The van der Waals surface area contributed by atoms with Crippen LogP contribution in [0.15, 0.2) is 0 Å². The molecule has 1 aliphatic carbocycles. The van der Waals surface area contributed by atoms with Gasteiger partial charge in [-0.2, -0.15) is 0 Å². The fourth-order valence-corrected chi connectivity index (χ4v) is 1.47. The number of carbonyl (C=O) groups is 1. The molecule has 0 radical (unpaired) electrons. The maximum atomic E-state index is 10.9. The van der Waals surface area contributed by atoms with Gasteiger partial charge in [0.15, 0.2) is 0 Å². The SMILES string of the molecule is O=C(CCO)NC1CCCC1. The van der Waals surface area contributed by atoms with Gasteiger partial charge in [-0.25, -0.2) is 0 Å². The van der Waals surface area contributed by atoms with E-state index in [1.54, 1.807) is 0 Å². The molecule has 0 aromatic heterocycles. The Labute approximate surface area is 66.8 Å². The van der Waals surface area contributed by atoms with E-state index in [0.29, 0.717) is 6.04 Å². The summed E-state index contributed by atoms with van der Waals surface area (Å²) >= 11 is 0. The van der Waals surface area contributed by atoms with Crippen molar-refractivity contribution in [3.63, 3.8) is 0 Å². The monoisotopic (exact) mass is 157 g/mol.